The molecule has 0 spiro atoms. The second-order valence-corrected chi connectivity index (χ2v) is 3.97. The molecule has 0 bridgehead atoms. The zero-order valence-corrected chi connectivity index (χ0v) is 10.3. The molecule has 0 aliphatic rings. The lowest BCUT2D eigenvalue weighted by atomic mass is 10.2. The van der Waals surface area contributed by atoms with Gasteiger partial charge in [0.25, 0.3) is 5.91 Å². The third kappa shape index (κ3) is 2.65. The van der Waals surface area contributed by atoms with Gasteiger partial charge in [-0.2, -0.15) is 0 Å². The Morgan fingerprint density at radius 3 is 2.79 bits per heavy atom. The number of nitrogens with zero attached hydrogens (tertiary/aromatic N) is 1. The Morgan fingerprint density at radius 2 is 2.21 bits per heavy atom. The van der Waals surface area contributed by atoms with Gasteiger partial charge in [0.2, 0.25) is 11.7 Å². The number of hydrogen-bond acceptors (Lipinski definition) is 5. The number of carbonyl (C=O) groups excluding carboxylic acids is 1. The van der Waals surface area contributed by atoms with Crippen LogP contribution in [0, 0.1) is 6.92 Å². The molecule has 2 N–H and O–H groups in total. The van der Waals surface area contributed by atoms with Crippen molar-refractivity contribution in [2.75, 3.05) is 0 Å². The Morgan fingerprint density at radius 1 is 1.47 bits per heavy atom. The molecule has 7 heteroatoms. The van der Waals surface area contributed by atoms with Crippen molar-refractivity contribution < 1.29 is 23.5 Å². The number of carboxylic acid groups (broad SMARTS) is 1. The van der Waals surface area contributed by atoms with Crippen LogP contribution in [0.2, 0.25) is 0 Å². The molecule has 0 saturated heterocycles. The van der Waals surface area contributed by atoms with Crippen LogP contribution in [-0.4, -0.2) is 22.0 Å². The second kappa shape index (κ2) is 4.97. The monoisotopic (exact) mass is 264 g/mol. The van der Waals surface area contributed by atoms with Crippen molar-refractivity contribution in [1.82, 2.24) is 10.3 Å². The van der Waals surface area contributed by atoms with Gasteiger partial charge >= 0.3 is 5.97 Å². The van der Waals surface area contributed by atoms with Crippen molar-refractivity contribution in [2.45, 2.75) is 19.9 Å². The Kier molecular flexibility index (Phi) is 3.37. The standard InChI is InChI=1S/C12H12N2O5/c1-6-5-13-11(19-6)7(2)14-10(15)9-8(12(16)17)3-4-18-9/h3-5,7H,1-2H3,(H,14,15)(H,16,17). The van der Waals surface area contributed by atoms with Crippen molar-refractivity contribution >= 4 is 11.9 Å². The molecule has 1 atom stereocenters. The highest BCUT2D eigenvalue weighted by Crippen LogP contribution is 2.15. The number of carboxylic acids is 1. The summed E-state index contributed by atoms with van der Waals surface area (Å²) in [5.41, 5.74) is -0.187. The Hall–Kier alpha value is -2.57. The first kappa shape index (κ1) is 12.9. The van der Waals surface area contributed by atoms with Crippen LogP contribution in [0.3, 0.4) is 0 Å². The number of carbonyl (C=O) groups is 2. The largest absolute Gasteiger partial charge is 0.478 e. The van der Waals surface area contributed by atoms with Crippen molar-refractivity contribution in [3.63, 3.8) is 0 Å². The number of hydrogen-bond donors (Lipinski definition) is 2. The summed E-state index contributed by atoms with van der Waals surface area (Å²) in [7, 11) is 0. The molecule has 0 radical (unpaired) electrons. The average molecular weight is 264 g/mol. The van der Waals surface area contributed by atoms with Gasteiger partial charge < -0.3 is 19.3 Å². The minimum absolute atomic E-state index is 0.187. The summed E-state index contributed by atoms with van der Waals surface area (Å²) in [6.45, 7) is 3.41. The molecule has 1 unspecified atom stereocenters. The fraction of sp³-hybridized carbons (Fsp3) is 0.250. The summed E-state index contributed by atoms with van der Waals surface area (Å²) >= 11 is 0. The molecule has 100 valence electrons. The van der Waals surface area contributed by atoms with Gasteiger partial charge in [-0.3, -0.25) is 4.79 Å². The van der Waals surface area contributed by atoms with Gasteiger partial charge in [0.05, 0.1) is 12.5 Å². The summed E-state index contributed by atoms with van der Waals surface area (Å²) in [6, 6.07) is 0.727. The Bertz CT molecular complexity index is 613. The molecule has 0 fully saturated rings. The molecule has 0 aliphatic heterocycles. The number of aryl methyl sites for hydroxylation is 1. The van der Waals surface area contributed by atoms with Crippen LogP contribution in [0.1, 0.15) is 45.5 Å². The van der Waals surface area contributed by atoms with Crippen LogP contribution in [-0.2, 0) is 0 Å². The molecule has 19 heavy (non-hydrogen) atoms. The highest BCUT2D eigenvalue weighted by molar-refractivity contribution is 6.02. The third-order valence-corrected chi connectivity index (χ3v) is 2.46. The summed E-state index contributed by atoms with van der Waals surface area (Å²) in [6.07, 6.45) is 2.69. The van der Waals surface area contributed by atoms with Gasteiger partial charge in [-0.15, -0.1) is 0 Å². The van der Waals surface area contributed by atoms with E-state index >= 15 is 0 Å². The molecule has 0 aromatic carbocycles. The molecule has 0 aliphatic carbocycles. The molecule has 2 heterocycles. The van der Waals surface area contributed by atoms with Crippen LogP contribution in [0.25, 0.3) is 0 Å². The smallest absolute Gasteiger partial charge is 0.339 e. The van der Waals surface area contributed by atoms with Gasteiger partial charge in [0.15, 0.2) is 0 Å². The number of nitrogens with one attached hydrogen (secondary N) is 1. The van der Waals surface area contributed by atoms with Gasteiger partial charge in [-0.05, 0) is 19.9 Å². The van der Waals surface area contributed by atoms with E-state index in [1.54, 1.807) is 13.8 Å². The van der Waals surface area contributed by atoms with E-state index in [2.05, 4.69) is 10.3 Å². The Balaban J connectivity index is 2.13. The van der Waals surface area contributed by atoms with E-state index in [4.69, 9.17) is 13.9 Å². The zero-order valence-electron chi connectivity index (χ0n) is 10.3. The lowest BCUT2D eigenvalue weighted by Gasteiger charge is -2.09. The number of oxazole rings is 1. The van der Waals surface area contributed by atoms with E-state index in [0.717, 1.165) is 6.26 Å². The lowest BCUT2D eigenvalue weighted by Crippen LogP contribution is -2.27. The fourth-order valence-electron chi connectivity index (χ4n) is 1.55. The number of aromatic nitrogens is 1. The molecule has 7 nitrogen and oxygen atoms in total. The number of aromatic carboxylic acids is 1. The zero-order chi connectivity index (χ0) is 14.0. The van der Waals surface area contributed by atoms with Crippen LogP contribution >= 0.6 is 0 Å². The highest BCUT2D eigenvalue weighted by Gasteiger charge is 2.23. The average Bonchev–Trinajstić information content (AvgIpc) is 2.96. The van der Waals surface area contributed by atoms with E-state index in [1.165, 1.54) is 12.3 Å². The lowest BCUT2D eigenvalue weighted by molar-refractivity contribution is 0.0687. The predicted octanol–water partition coefficient (Wildman–Crippen LogP) is 1.77. The first-order valence-electron chi connectivity index (χ1n) is 5.53. The summed E-state index contributed by atoms with van der Waals surface area (Å²) in [5.74, 6) is -1.14. The van der Waals surface area contributed by atoms with E-state index in [9.17, 15) is 9.59 Å². The number of furan rings is 1. The quantitative estimate of drug-likeness (QED) is 0.871. The summed E-state index contributed by atoms with van der Waals surface area (Å²) < 4.78 is 10.2. The van der Waals surface area contributed by atoms with Gasteiger partial charge in [-0.1, -0.05) is 0 Å². The molecular formula is C12H12N2O5. The van der Waals surface area contributed by atoms with Crippen molar-refractivity contribution in [1.29, 1.82) is 0 Å². The van der Waals surface area contributed by atoms with Gasteiger partial charge in [0, 0.05) is 0 Å². The van der Waals surface area contributed by atoms with E-state index in [-0.39, 0.29) is 11.3 Å². The van der Waals surface area contributed by atoms with Crippen LogP contribution in [0.5, 0.6) is 0 Å². The summed E-state index contributed by atoms with van der Waals surface area (Å²) in [5, 5.41) is 11.4. The van der Waals surface area contributed by atoms with Crippen LogP contribution in [0.15, 0.2) is 27.4 Å². The topological polar surface area (TPSA) is 106 Å². The third-order valence-electron chi connectivity index (χ3n) is 2.46. The first-order valence-corrected chi connectivity index (χ1v) is 5.53. The van der Waals surface area contributed by atoms with Gasteiger partial charge in [0.1, 0.15) is 17.4 Å². The minimum Gasteiger partial charge on any atom is -0.478 e. The normalized spacial score (nSPS) is 12.1. The van der Waals surface area contributed by atoms with E-state index < -0.39 is 17.9 Å². The molecule has 1 amide bonds. The van der Waals surface area contributed by atoms with Gasteiger partial charge in [-0.25, -0.2) is 9.78 Å². The fourth-order valence-corrected chi connectivity index (χ4v) is 1.55. The predicted molar refractivity (Wildman–Crippen MR) is 62.8 cm³/mol. The maximum atomic E-state index is 11.9. The maximum Gasteiger partial charge on any atom is 0.339 e. The minimum atomic E-state index is -1.22. The second-order valence-electron chi connectivity index (χ2n) is 3.97. The SMILES string of the molecule is Cc1cnc(C(C)NC(=O)c2occc2C(=O)O)o1. The van der Waals surface area contributed by atoms with Crippen LogP contribution < -0.4 is 5.32 Å². The molecule has 2 aromatic rings. The highest BCUT2D eigenvalue weighted by atomic mass is 16.4. The van der Waals surface area contributed by atoms with E-state index in [0.29, 0.717) is 11.7 Å². The van der Waals surface area contributed by atoms with Crippen molar-refractivity contribution in [3.8, 4) is 0 Å². The van der Waals surface area contributed by atoms with E-state index in [1.807, 2.05) is 0 Å². The van der Waals surface area contributed by atoms with Crippen LogP contribution in [0.4, 0.5) is 0 Å². The van der Waals surface area contributed by atoms with Crippen molar-refractivity contribution in [3.05, 3.63) is 41.5 Å². The number of rotatable bonds is 4. The molecular weight excluding hydrogens is 252 g/mol. The maximum absolute atomic E-state index is 11.9. The number of amides is 1. The molecule has 2 rings (SSSR count). The molecule has 0 saturated carbocycles. The Labute approximate surface area is 108 Å². The van der Waals surface area contributed by atoms with Crippen molar-refractivity contribution in [2.24, 2.45) is 0 Å². The summed E-state index contributed by atoms with van der Waals surface area (Å²) in [4.78, 5) is 26.7. The first-order chi connectivity index (χ1) is 8.99. The molecule has 2 aromatic heterocycles.